The van der Waals surface area contributed by atoms with Crippen molar-refractivity contribution in [3.8, 4) is 5.75 Å². The van der Waals surface area contributed by atoms with E-state index < -0.39 is 11.7 Å². The van der Waals surface area contributed by atoms with E-state index in [9.17, 15) is 14.7 Å². The molecular weight excluding hydrogens is 386 g/mol. The Morgan fingerprint density at radius 2 is 1.93 bits per heavy atom. The quantitative estimate of drug-likeness (QED) is 0.671. The number of aromatic hydroxyl groups is 1. The summed E-state index contributed by atoms with van der Waals surface area (Å²) in [7, 11) is 1.52. The SMILES string of the molecule is COCc1c(C(=O)NC(C)C)ncc2c1c1cc(O)ccc1n2C(=O)OC(C)(C)C. The molecular formula is C22H27N3O5. The average Bonchev–Trinajstić information content (AvgIpc) is 2.94. The lowest BCUT2D eigenvalue weighted by Gasteiger charge is -2.20. The normalized spacial score (nSPS) is 12.0. The van der Waals surface area contributed by atoms with Crippen LogP contribution in [-0.4, -0.2) is 45.4 Å². The lowest BCUT2D eigenvalue weighted by molar-refractivity contribution is 0.0551. The van der Waals surface area contributed by atoms with Crippen LogP contribution in [0.4, 0.5) is 4.79 Å². The van der Waals surface area contributed by atoms with Crippen molar-refractivity contribution in [3.05, 3.63) is 35.7 Å². The van der Waals surface area contributed by atoms with E-state index in [1.54, 1.807) is 32.9 Å². The second kappa shape index (κ2) is 7.95. The molecule has 160 valence electrons. The number of hydrogen-bond donors (Lipinski definition) is 2. The number of methoxy groups -OCH3 is 1. The van der Waals surface area contributed by atoms with Gasteiger partial charge in [-0.2, -0.15) is 0 Å². The maximum absolute atomic E-state index is 13.0. The predicted octanol–water partition coefficient (Wildman–Crippen LogP) is 3.96. The average molecular weight is 413 g/mol. The Kier molecular flexibility index (Phi) is 5.72. The molecule has 2 N–H and O–H groups in total. The molecule has 0 aliphatic carbocycles. The number of aromatic nitrogens is 2. The highest BCUT2D eigenvalue weighted by Gasteiger charge is 2.26. The first-order chi connectivity index (χ1) is 14.0. The summed E-state index contributed by atoms with van der Waals surface area (Å²) in [4.78, 5) is 30.1. The standard InChI is InChI=1S/C22H27N3O5/c1-12(2)24-20(27)19-15(11-29-6)18-14-9-13(26)7-8-16(14)25(17(18)10-23-19)21(28)30-22(3,4)5/h7-10,12,26H,11H2,1-6H3,(H,24,27). The molecule has 8 nitrogen and oxygen atoms in total. The summed E-state index contributed by atoms with van der Waals surface area (Å²) < 4.78 is 12.3. The van der Waals surface area contributed by atoms with Crippen LogP contribution in [0.1, 0.15) is 50.7 Å². The number of nitrogens with one attached hydrogen (secondary N) is 1. The van der Waals surface area contributed by atoms with Gasteiger partial charge in [0.15, 0.2) is 0 Å². The molecule has 1 amide bonds. The number of fused-ring (bicyclic) bond motifs is 3. The maximum atomic E-state index is 13.0. The van der Waals surface area contributed by atoms with Crippen molar-refractivity contribution in [1.29, 1.82) is 0 Å². The Morgan fingerprint density at radius 3 is 2.53 bits per heavy atom. The van der Waals surface area contributed by atoms with Gasteiger partial charge in [-0.15, -0.1) is 0 Å². The van der Waals surface area contributed by atoms with Crippen LogP contribution < -0.4 is 5.32 Å². The molecule has 0 unspecified atom stereocenters. The molecule has 0 fully saturated rings. The van der Waals surface area contributed by atoms with Gasteiger partial charge in [-0.25, -0.2) is 14.3 Å². The molecule has 0 spiro atoms. The molecule has 0 aliphatic heterocycles. The lowest BCUT2D eigenvalue weighted by Crippen LogP contribution is -2.31. The van der Waals surface area contributed by atoms with Crippen LogP contribution in [0.5, 0.6) is 5.75 Å². The highest BCUT2D eigenvalue weighted by Crippen LogP contribution is 2.35. The number of phenolic OH excluding ortho intramolecular Hbond substituents is 1. The van der Waals surface area contributed by atoms with Crippen molar-refractivity contribution in [2.75, 3.05) is 7.11 Å². The molecule has 8 heteroatoms. The molecule has 0 atom stereocenters. The summed E-state index contributed by atoms with van der Waals surface area (Å²) in [5, 5.41) is 14.1. The molecule has 0 aliphatic rings. The number of phenols is 1. The van der Waals surface area contributed by atoms with Gasteiger partial charge in [-0.1, -0.05) is 0 Å². The van der Waals surface area contributed by atoms with E-state index in [-0.39, 0.29) is 30.0 Å². The number of rotatable bonds is 4. The number of carbonyl (C=O) groups excluding carboxylic acids is 2. The van der Waals surface area contributed by atoms with Crippen molar-refractivity contribution in [2.45, 2.75) is 52.9 Å². The zero-order valence-electron chi connectivity index (χ0n) is 18.1. The second-order valence-corrected chi connectivity index (χ2v) is 8.42. The van der Waals surface area contributed by atoms with Crippen LogP contribution in [-0.2, 0) is 16.1 Å². The van der Waals surface area contributed by atoms with E-state index >= 15 is 0 Å². The van der Waals surface area contributed by atoms with E-state index in [2.05, 4.69) is 10.3 Å². The van der Waals surface area contributed by atoms with E-state index in [1.165, 1.54) is 23.9 Å². The lowest BCUT2D eigenvalue weighted by atomic mass is 10.0. The first-order valence-electron chi connectivity index (χ1n) is 9.71. The van der Waals surface area contributed by atoms with E-state index in [0.29, 0.717) is 27.4 Å². The molecule has 30 heavy (non-hydrogen) atoms. The van der Waals surface area contributed by atoms with Gasteiger partial charge in [0, 0.05) is 29.5 Å². The topological polar surface area (TPSA) is 103 Å². The number of pyridine rings is 1. The van der Waals surface area contributed by atoms with Gasteiger partial charge in [0.1, 0.15) is 17.0 Å². The minimum Gasteiger partial charge on any atom is -0.508 e. The van der Waals surface area contributed by atoms with Crippen LogP contribution in [0.3, 0.4) is 0 Å². The minimum atomic E-state index is -0.698. The summed E-state index contributed by atoms with van der Waals surface area (Å²) in [6, 6.07) is 4.62. The number of nitrogens with zero attached hydrogens (tertiary/aromatic N) is 2. The van der Waals surface area contributed by atoms with E-state index in [1.807, 2.05) is 13.8 Å². The summed E-state index contributed by atoms with van der Waals surface area (Å²) in [6.45, 7) is 9.18. The van der Waals surface area contributed by atoms with Crippen molar-refractivity contribution in [2.24, 2.45) is 0 Å². The summed E-state index contributed by atoms with van der Waals surface area (Å²) in [5.74, 6) is -0.295. The zero-order chi connectivity index (χ0) is 22.2. The van der Waals surface area contributed by atoms with Crippen LogP contribution in [0.15, 0.2) is 24.4 Å². The third kappa shape index (κ3) is 4.09. The fourth-order valence-corrected chi connectivity index (χ4v) is 3.38. The van der Waals surface area contributed by atoms with Crippen molar-refractivity contribution >= 4 is 33.8 Å². The predicted molar refractivity (Wildman–Crippen MR) is 114 cm³/mol. The molecule has 2 aromatic heterocycles. The molecule has 0 saturated carbocycles. The Morgan fingerprint density at radius 1 is 1.23 bits per heavy atom. The summed E-state index contributed by atoms with van der Waals surface area (Å²) >= 11 is 0. The largest absolute Gasteiger partial charge is 0.508 e. The number of carbonyl (C=O) groups is 2. The van der Waals surface area contributed by atoms with E-state index in [4.69, 9.17) is 9.47 Å². The Balaban J connectivity index is 2.37. The van der Waals surface area contributed by atoms with Gasteiger partial charge in [-0.3, -0.25) is 4.79 Å². The molecule has 3 rings (SSSR count). The first kappa shape index (κ1) is 21.6. The maximum Gasteiger partial charge on any atom is 0.419 e. The van der Waals surface area contributed by atoms with Gasteiger partial charge in [-0.05, 0) is 52.8 Å². The van der Waals surface area contributed by atoms with Gasteiger partial charge in [0.05, 0.1) is 23.8 Å². The number of benzene rings is 1. The third-order valence-corrected chi connectivity index (χ3v) is 4.39. The molecule has 0 bridgehead atoms. The fourth-order valence-electron chi connectivity index (χ4n) is 3.38. The molecule has 0 saturated heterocycles. The summed E-state index contributed by atoms with van der Waals surface area (Å²) in [5.41, 5.74) is 1.06. The highest BCUT2D eigenvalue weighted by molar-refractivity contribution is 6.15. The second-order valence-electron chi connectivity index (χ2n) is 8.42. The smallest absolute Gasteiger partial charge is 0.419 e. The van der Waals surface area contributed by atoms with E-state index in [0.717, 1.165) is 0 Å². The van der Waals surface area contributed by atoms with Crippen LogP contribution >= 0.6 is 0 Å². The van der Waals surface area contributed by atoms with Crippen molar-refractivity contribution < 1.29 is 24.2 Å². The Labute approximate surface area is 174 Å². The van der Waals surface area contributed by atoms with Gasteiger partial charge in [0.2, 0.25) is 0 Å². The molecule has 2 heterocycles. The molecule has 1 aromatic carbocycles. The first-order valence-corrected chi connectivity index (χ1v) is 9.71. The minimum absolute atomic E-state index is 0.0408. The molecule has 3 aromatic rings. The third-order valence-electron chi connectivity index (χ3n) is 4.39. The molecule has 0 radical (unpaired) electrons. The Bertz CT molecular complexity index is 1130. The zero-order valence-corrected chi connectivity index (χ0v) is 18.1. The number of amides is 1. The number of hydrogen-bond acceptors (Lipinski definition) is 6. The Hall–Kier alpha value is -3.13. The highest BCUT2D eigenvalue weighted by atomic mass is 16.6. The number of ether oxygens (including phenoxy) is 2. The van der Waals surface area contributed by atoms with Crippen LogP contribution in [0.2, 0.25) is 0 Å². The van der Waals surface area contributed by atoms with Crippen LogP contribution in [0, 0.1) is 0 Å². The van der Waals surface area contributed by atoms with Gasteiger partial charge < -0.3 is 19.9 Å². The fraction of sp³-hybridized carbons (Fsp3) is 0.409. The summed E-state index contributed by atoms with van der Waals surface area (Å²) in [6.07, 6.45) is 0.905. The van der Waals surface area contributed by atoms with Crippen LogP contribution in [0.25, 0.3) is 21.8 Å². The van der Waals surface area contributed by atoms with Gasteiger partial charge in [0.25, 0.3) is 5.91 Å². The van der Waals surface area contributed by atoms with Crippen molar-refractivity contribution in [3.63, 3.8) is 0 Å². The monoisotopic (exact) mass is 413 g/mol. The van der Waals surface area contributed by atoms with Gasteiger partial charge >= 0.3 is 6.09 Å². The van der Waals surface area contributed by atoms with Crippen molar-refractivity contribution in [1.82, 2.24) is 14.9 Å².